The molecule has 1 saturated carbocycles. The lowest BCUT2D eigenvalue weighted by Crippen LogP contribution is -2.57. The van der Waals surface area contributed by atoms with Gasteiger partial charge in [-0.25, -0.2) is 0 Å². The molecule has 5 N–H and O–H groups in total. The van der Waals surface area contributed by atoms with Gasteiger partial charge in [0.2, 0.25) is 0 Å². The van der Waals surface area contributed by atoms with Crippen molar-refractivity contribution in [2.75, 3.05) is 0 Å². The number of rotatable bonds is 6. The van der Waals surface area contributed by atoms with Gasteiger partial charge in [0.15, 0.2) is 6.04 Å². The zero-order valence-corrected chi connectivity index (χ0v) is 19.9. The molecule has 2 aliphatic rings. The van der Waals surface area contributed by atoms with Crippen molar-refractivity contribution in [2.24, 2.45) is 11.7 Å². The summed E-state index contributed by atoms with van der Waals surface area (Å²) < 4.78 is -0.860. The van der Waals surface area contributed by atoms with Crippen LogP contribution in [-0.2, 0) is 22.6 Å². The summed E-state index contributed by atoms with van der Waals surface area (Å²) in [6.07, 6.45) is 2.48. The molecule has 0 aromatic heterocycles. The van der Waals surface area contributed by atoms with E-state index >= 15 is 0 Å². The highest BCUT2D eigenvalue weighted by atomic mass is 16.6. The van der Waals surface area contributed by atoms with Gasteiger partial charge in [0.05, 0.1) is 5.92 Å². The molecule has 2 unspecified atom stereocenters. The summed E-state index contributed by atoms with van der Waals surface area (Å²) in [7, 11) is 0. The number of fused-ring (bicyclic) bond motifs is 2. The quantitative estimate of drug-likeness (QED) is 0.182. The van der Waals surface area contributed by atoms with Gasteiger partial charge >= 0.3 is 5.97 Å². The first-order valence-electron chi connectivity index (χ1n) is 12.3. The largest absolute Gasteiger partial charge is 0.627 e. The number of nitrogens with two attached hydrogens (primary N) is 1. The number of hydrogen-bond acceptors (Lipinski definition) is 4. The van der Waals surface area contributed by atoms with Crippen molar-refractivity contribution in [1.82, 2.24) is 9.96 Å². The number of amidine groups is 1. The molecule has 2 atom stereocenters. The van der Waals surface area contributed by atoms with Crippen molar-refractivity contribution < 1.29 is 14.7 Å². The van der Waals surface area contributed by atoms with Crippen LogP contribution in [0.4, 0.5) is 5.69 Å². The monoisotopic (exact) mass is 486 g/mol. The van der Waals surface area contributed by atoms with Crippen LogP contribution in [0, 0.1) is 16.5 Å². The average molecular weight is 487 g/mol. The summed E-state index contributed by atoms with van der Waals surface area (Å²) >= 11 is 0. The van der Waals surface area contributed by atoms with Crippen LogP contribution in [0.15, 0.2) is 60.7 Å². The minimum Gasteiger partial charge on any atom is -0.627 e. The van der Waals surface area contributed by atoms with Gasteiger partial charge in [-0.1, -0.05) is 54.6 Å². The van der Waals surface area contributed by atoms with E-state index in [-0.39, 0.29) is 36.7 Å². The molecule has 1 aliphatic heterocycles. The number of nitrogens with one attached hydrogen (secondary N) is 2. The SMILES string of the molecule is N=C(N)c1ccc2c(c1)[N+]([O-])(Cc1cccc3ccccc13)C(C(=O)NC1CCC(C(=O)O)CC1)C2. The molecule has 8 nitrogen and oxygen atoms in total. The lowest BCUT2D eigenvalue weighted by atomic mass is 9.86. The summed E-state index contributed by atoms with van der Waals surface area (Å²) in [4.78, 5) is 24.9. The number of carbonyl (C=O) groups is 2. The molecule has 36 heavy (non-hydrogen) atoms. The van der Waals surface area contributed by atoms with Crippen LogP contribution in [0.3, 0.4) is 0 Å². The van der Waals surface area contributed by atoms with E-state index in [1.54, 1.807) is 18.2 Å². The number of carboxylic acid groups (broad SMARTS) is 1. The van der Waals surface area contributed by atoms with E-state index in [0.29, 0.717) is 36.9 Å². The Kier molecular flexibility index (Phi) is 6.24. The molecule has 3 aromatic carbocycles. The molecule has 0 saturated heterocycles. The van der Waals surface area contributed by atoms with Crippen molar-refractivity contribution in [1.29, 1.82) is 5.41 Å². The smallest absolute Gasteiger partial charge is 0.306 e. The predicted octanol–water partition coefficient (Wildman–Crippen LogP) is 3.81. The molecule has 1 aliphatic carbocycles. The number of nitrogens with zero attached hydrogens (tertiary/aromatic N) is 1. The number of hydrogen-bond donors (Lipinski definition) is 4. The fourth-order valence-corrected chi connectivity index (χ4v) is 5.72. The zero-order valence-electron chi connectivity index (χ0n) is 19.9. The van der Waals surface area contributed by atoms with E-state index in [0.717, 1.165) is 21.9 Å². The third kappa shape index (κ3) is 4.34. The Balaban J connectivity index is 1.48. The number of hydroxylamine groups is 2. The minimum absolute atomic E-state index is 0.0690. The lowest BCUT2D eigenvalue weighted by Gasteiger charge is -2.44. The molecule has 1 amide bonds. The van der Waals surface area contributed by atoms with Crippen LogP contribution in [0.2, 0.25) is 0 Å². The van der Waals surface area contributed by atoms with Crippen LogP contribution in [0.5, 0.6) is 0 Å². The van der Waals surface area contributed by atoms with E-state index < -0.39 is 16.7 Å². The summed E-state index contributed by atoms with van der Waals surface area (Å²) in [6, 6.07) is 17.8. The Morgan fingerprint density at radius 1 is 1.06 bits per heavy atom. The van der Waals surface area contributed by atoms with Crippen molar-refractivity contribution in [3.05, 3.63) is 82.6 Å². The second-order valence-corrected chi connectivity index (χ2v) is 9.96. The molecule has 0 bridgehead atoms. The summed E-state index contributed by atoms with van der Waals surface area (Å²) in [5, 5.41) is 36.9. The Bertz CT molecular complexity index is 1340. The maximum atomic E-state index is 14.8. The van der Waals surface area contributed by atoms with Crippen LogP contribution < -0.4 is 15.7 Å². The van der Waals surface area contributed by atoms with Crippen LogP contribution >= 0.6 is 0 Å². The number of quaternary nitrogens is 1. The second-order valence-electron chi connectivity index (χ2n) is 9.96. The third-order valence-corrected chi connectivity index (χ3v) is 7.73. The van der Waals surface area contributed by atoms with Gasteiger partial charge in [0.1, 0.15) is 18.1 Å². The number of amides is 1. The van der Waals surface area contributed by atoms with E-state index in [1.807, 2.05) is 42.5 Å². The number of aliphatic carboxylic acids is 1. The second kappa shape index (κ2) is 9.37. The van der Waals surface area contributed by atoms with Crippen LogP contribution in [-0.4, -0.2) is 34.9 Å². The maximum Gasteiger partial charge on any atom is 0.306 e. The lowest BCUT2D eigenvalue weighted by molar-refractivity contribution is -0.142. The normalized spacial score (nSPS) is 25.3. The van der Waals surface area contributed by atoms with Gasteiger partial charge < -0.3 is 26.0 Å². The van der Waals surface area contributed by atoms with E-state index in [2.05, 4.69) is 5.32 Å². The molecule has 0 radical (unpaired) electrons. The first-order valence-corrected chi connectivity index (χ1v) is 12.3. The van der Waals surface area contributed by atoms with Crippen molar-refractivity contribution in [3.8, 4) is 0 Å². The molecule has 1 heterocycles. The van der Waals surface area contributed by atoms with Crippen LogP contribution in [0.25, 0.3) is 10.8 Å². The molecule has 186 valence electrons. The first kappa shape index (κ1) is 24.0. The molecule has 5 rings (SSSR count). The maximum absolute atomic E-state index is 14.8. The molecule has 0 spiro atoms. The topological polar surface area (TPSA) is 139 Å². The molecular weight excluding hydrogens is 456 g/mol. The molecule has 8 heteroatoms. The third-order valence-electron chi connectivity index (χ3n) is 7.73. The Labute approximate surface area is 209 Å². The number of carboxylic acids is 1. The van der Waals surface area contributed by atoms with Gasteiger partial charge in [-0.3, -0.25) is 15.0 Å². The van der Waals surface area contributed by atoms with Gasteiger partial charge in [-0.2, -0.15) is 0 Å². The molecule has 3 aromatic rings. The fourth-order valence-electron chi connectivity index (χ4n) is 5.72. The van der Waals surface area contributed by atoms with Gasteiger partial charge in [0, 0.05) is 35.2 Å². The van der Waals surface area contributed by atoms with E-state index in [4.69, 9.17) is 11.1 Å². The van der Waals surface area contributed by atoms with E-state index in [1.165, 1.54) is 0 Å². The van der Waals surface area contributed by atoms with Crippen LogP contribution in [0.1, 0.15) is 42.4 Å². The van der Waals surface area contributed by atoms with Gasteiger partial charge in [-0.15, -0.1) is 0 Å². The summed E-state index contributed by atoms with van der Waals surface area (Å²) in [5.74, 6) is -1.61. The Morgan fingerprint density at radius 3 is 2.50 bits per heavy atom. The standard InChI is InChI=1S/C28H30N4O4/c29-26(30)20-9-8-19-14-25(27(33)31-22-12-10-18(11-13-22)28(34)35)32(36,24(19)15-20)16-21-6-3-5-17-4-1-2-7-23(17)21/h1-9,15,18,22,25H,10-14,16H2,(H3,29,30)(H,31,33)(H,34,35). The van der Waals surface area contributed by atoms with Crippen molar-refractivity contribution >= 4 is 34.2 Å². The number of benzene rings is 3. The Morgan fingerprint density at radius 2 is 1.78 bits per heavy atom. The first-order chi connectivity index (χ1) is 17.3. The van der Waals surface area contributed by atoms with Gasteiger partial charge in [0.25, 0.3) is 5.91 Å². The highest BCUT2D eigenvalue weighted by molar-refractivity contribution is 5.97. The highest BCUT2D eigenvalue weighted by Crippen LogP contribution is 2.42. The highest BCUT2D eigenvalue weighted by Gasteiger charge is 2.46. The summed E-state index contributed by atoms with van der Waals surface area (Å²) in [5.41, 5.74) is 8.28. The molecular formula is C28H30N4O4. The minimum atomic E-state index is -0.890. The number of nitrogen functional groups attached to an aromatic ring is 1. The summed E-state index contributed by atoms with van der Waals surface area (Å²) in [6.45, 7) is 0.0690. The zero-order chi connectivity index (χ0) is 25.4. The Hall–Kier alpha value is -3.75. The van der Waals surface area contributed by atoms with Crippen molar-refractivity contribution in [2.45, 2.75) is 50.7 Å². The molecule has 1 fully saturated rings. The fraction of sp³-hybridized carbons (Fsp3) is 0.321. The van der Waals surface area contributed by atoms with E-state index in [9.17, 15) is 19.9 Å². The average Bonchev–Trinajstić information content (AvgIpc) is 3.16. The van der Waals surface area contributed by atoms with Crippen molar-refractivity contribution in [3.63, 3.8) is 0 Å². The predicted molar refractivity (Wildman–Crippen MR) is 139 cm³/mol. The van der Waals surface area contributed by atoms with Gasteiger partial charge in [-0.05, 0) is 36.5 Å². The number of carbonyl (C=O) groups excluding carboxylic acids is 1.